The van der Waals surface area contributed by atoms with Crippen molar-refractivity contribution in [3.05, 3.63) is 68.1 Å². The number of rotatable bonds is 7. The third kappa shape index (κ3) is 4.11. The highest BCUT2D eigenvalue weighted by Gasteiger charge is 2.71. The summed E-state index contributed by atoms with van der Waals surface area (Å²) in [5.74, 6) is -4.37. The number of pyridine rings is 1. The molecule has 2 heterocycles. The van der Waals surface area contributed by atoms with Crippen LogP contribution in [0.4, 0.5) is 8.78 Å². The Kier molecular flexibility index (Phi) is 5.79. The standard InChI is InChI=1S/C24H24ClF2N3O5S/c1-14-2-3-15(10-17(14)25)12-28-20(31)16-4-5-18-22(33)29(8-9-30(18)21(16)32)13-23(6-7-23)36(34,35)19-11-24(19,26)27/h2-5,10,19H,6-9,11-13H2,1H3,(H,28,31)/t19-/m1/s1. The summed E-state index contributed by atoms with van der Waals surface area (Å²) >= 11 is 6.11. The van der Waals surface area contributed by atoms with E-state index in [1.165, 1.54) is 21.6 Å². The van der Waals surface area contributed by atoms with Gasteiger partial charge in [0.2, 0.25) is 0 Å². The number of carbonyl (C=O) groups excluding carboxylic acids is 2. The third-order valence-corrected chi connectivity index (χ3v) is 10.7. The van der Waals surface area contributed by atoms with E-state index in [2.05, 4.69) is 5.32 Å². The summed E-state index contributed by atoms with van der Waals surface area (Å²) in [5.41, 5.74) is 0.921. The molecule has 192 valence electrons. The van der Waals surface area contributed by atoms with Crippen molar-refractivity contribution in [2.24, 2.45) is 0 Å². The van der Waals surface area contributed by atoms with Crippen molar-refractivity contribution in [3.63, 3.8) is 0 Å². The third-order valence-electron chi connectivity index (χ3n) is 7.24. The van der Waals surface area contributed by atoms with Gasteiger partial charge in [0.15, 0.2) is 9.84 Å². The molecule has 3 aliphatic rings. The molecule has 12 heteroatoms. The van der Waals surface area contributed by atoms with E-state index in [-0.39, 0.29) is 50.3 Å². The van der Waals surface area contributed by atoms with Crippen LogP contribution in [0.15, 0.2) is 35.1 Å². The normalized spacial score (nSPS) is 21.6. The summed E-state index contributed by atoms with van der Waals surface area (Å²) in [6, 6.07) is 7.98. The van der Waals surface area contributed by atoms with Crippen molar-refractivity contribution in [2.75, 3.05) is 13.1 Å². The molecule has 36 heavy (non-hydrogen) atoms. The Morgan fingerprint density at radius 3 is 2.47 bits per heavy atom. The van der Waals surface area contributed by atoms with Crippen LogP contribution in [0.5, 0.6) is 0 Å². The Balaban J connectivity index is 1.30. The Bertz CT molecular complexity index is 1450. The number of hydrogen-bond acceptors (Lipinski definition) is 5. The molecule has 5 rings (SSSR count). The predicted octanol–water partition coefficient (Wildman–Crippen LogP) is 2.55. The number of nitrogens with zero attached hydrogens (tertiary/aromatic N) is 2. The van der Waals surface area contributed by atoms with Gasteiger partial charge < -0.3 is 14.8 Å². The van der Waals surface area contributed by atoms with Gasteiger partial charge in [-0.2, -0.15) is 0 Å². The topological polar surface area (TPSA) is 106 Å². The molecule has 0 saturated heterocycles. The van der Waals surface area contributed by atoms with Gasteiger partial charge in [0.05, 0.1) is 4.75 Å². The SMILES string of the molecule is Cc1ccc(CNC(=O)c2ccc3n(c2=O)CCN(CC2(S(=O)(=O)[C@@H]4CC4(F)F)CC2)C3=O)cc1Cl. The number of amides is 2. The number of halogens is 3. The van der Waals surface area contributed by atoms with Crippen LogP contribution in [0.3, 0.4) is 0 Å². The van der Waals surface area contributed by atoms with E-state index in [0.29, 0.717) is 5.02 Å². The minimum atomic E-state index is -4.10. The van der Waals surface area contributed by atoms with Gasteiger partial charge in [-0.05, 0) is 49.1 Å². The van der Waals surface area contributed by atoms with Gasteiger partial charge in [-0.3, -0.25) is 14.4 Å². The van der Waals surface area contributed by atoms with Crippen LogP contribution in [0.1, 0.15) is 51.2 Å². The van der Waals surface area contributed by atoms with E-state index >= 15 is 0 Å². The molecule has 1 atom stereocenters. The second kappa shape index (κ2) is 8.37. The van der Waals surface area contributed by atoms with E-state index in [4.69, 9.17) is 11.6 Å². The first-order chi connectivity index (χ1) is 16.9. The van der Waals surface area contributed by atoms with Gasteiger partial charge >= 0.3 is 0 Å². The van der Waals surface area contributed by atoms with Gasteiger partial charge in [-0.25, -0.2) is 17.2 Å². The second-order valence-electron chi connectivity index (χ2n) is 9.76. The molecular formula is C24H24ClF2N3O5S. The maximum Gasteiger partial charge on any atom is 0.270 e. The zero-order chi connectivity index (χ0) is 26.0. The summed E-state index contributed by atoms with van der Waals surface area (Å²) in [6.45, 7) is 1.93. The van der Waals surface area contributed by atoms with E-state index in [9.17, 15) is 31.6 Å². The number of carbonyl (C=O) groups is 2. The first kappa shape index (κ1) is 24.9. The van der Waals surface area contributed by atoms with Gasteiger partial charge in [0.1, 0.15) is 16.5 Å². The number of benzene rings is 1. The first-order valence-corrected chi connectivity index (χ1v) is 13.5. The molecule has 0 spiro atoms. The molecule has 2 saturated carbocycles. The van der Waals surface area contributed by atoms with Crippen molar-refractivity contribution in [3.8, 4) is 0 Å². The average molecular weight is 540 g/mol. The van der Waals surface area contributed by atoms with Crippen LogP contribution in [-0.4, -0.2) is 58.7 Å². The summed E-state index contributed by atoms with van der Waals surface area (Å²) < 4.78 is 52.4. The molecule has 1 aromatic carbocycles. The lowest BCUT2D eigenvalue weighted by Gasteiger charge is -2.32. The maximum atomic E-state index is 13.5. The van der Waals surface area contributed by atoms with Crippen molar-refractivity contribution in [2.45, 2.75) is 55.2 Å². The molecule has 2 fully saturated rings. The summed E-state index contributed by atoms with van der Waals surface area (Å²) in [4.78, 5) is 40.0. The largest absolute Gasteiger partial charge is 0.348 e. The first-order valence-electron chi connectivity index (χ1n) is 11.5. The van der Waals surface area contributed by atoms with E-state index in [0.717, 1.165) is 11.1 Å². The van der Waals surface area contributed by atoms with Crippen molar-refractivity contribution < 1.29 is 26.8 Å². The molecule has 1 aliphatic heterocycles. The molecule has 2 amide bonds. The molecule has 0 radical (unpaired) electrons. The fraction of sp³-hybridized carbons (Fsp3) is 0.458. The fourth-order valence-corrected chi connectivity index (χ4v) is 7.37. The van der Waals surface area contributed by atoms with Crippen molar-refractivity contribution >= 4 is 33.3 Å². The van der Waals surface area contributed by atoms with Crippen LogP contribution in [0.2, 0.25) is 5.02 Å². The van der Waals surface area contributed by atoms with Gasteiger partial charge in [0.25, 0.3) is 23.3 Å². The number of alkyl halides is 2. The minimum absolute atomic E-state index is 0.0260. The summed E-state index contributed by atoms with van der Waals surface area (Å²) in [5, 5.41) is 1.55. The van der Waals surface area contributed by atoms with Gasteiger partial charge in [0, 0.05) is 37.6 Å². The van der Waals surface area contributed by atoms with Crippen LogP contribution in [0, 0.1) is 6.92 Å². The van der Waals surface area contributed by atoms with Crippen LogP contribution in [-0.2, 0) is 22.9 Å². The maximum absolute atomic E-state index is 13.5. The number of sulfone groups is 1. The number of nitrogens with one attached hydrogen (secondary N) is 1. The smallest absolute Gasteiger partial charge is 0.270 e. The number of aryl methyl sites for hydroxylation is 1. The summed E-state index contributed by atoms with van der Waals surface area (Å²) in [6.07, 6.45) is -0.224. The minimum Gasteiger partial charge on any atom is -0.348 e. The Morgan fingerprint density at radius 2 is 1.86 bits per heavy atom. The molecular weight excluding hydrogens is 516 g/mol. The monoisotopic (exact) mass is 539 g/mol. The number of aromatic nitrogens is 1. The molecule has 8 nitrogen and oxygen atoms in total. The van der Waals surface area contributed by atoms with E-state index < -0.39 is 49.6 Å². The highest BCUT2D eigenvalue weighted by molar-refractivity contribution is 7.94. The lowest BCUT2D eigenvalue weighted by molar-refractivity contribution is 0.0694. The van der Waals surface area contributed by atoms with E-state index in [1.54, 1.807) is 6.07 Å². The quantitative estimate of drug-likeness (QED) is 0.582. The molecule has 2 aliphatic carbocycles. The van der Waals surface area contributed by atoms with Gasteiger partial charge in [-0.1, -0.05) is 23.7 Å². The fourth-order valence-electron chi connectivity index (χ4n) is 4.67. The highest BCUT2D eigenvalue weighted by atomic mass is 35.5. The molecule has 1 aromatic heterocycles. The lowest BCUT2D eigenvalue weighted by Crippen LogP contribution is -2.50. The van der Waals surface area contributed by atoms with Crippen LogP contribution >= 0.6 is 11.6 Å². The van der Waals surface area contributed by atoms with Crippen LogP contribution < -0.4 is 10.9 Å². The van der Waals surface area contributed by atoms with Crippen molar-refractivity contribution in [1.82, 2.24) is 14.8 Å². The Morgan fingerprint density at radius 1 is 1.17 bits per heavy atom. The Labute approximate surface area is 211 Å². The van der Waals surface area contributed by atoms with E-state index in [1.807, 2.05) is 19.1 Å². The average Bonchev–Trinajstić information content (AvgIpc) is 3.73. The number of fused-ring (bicyclic) bond motifs is 1. The van der Waals surface area contributed by atoms with Crippen LogP contribution in [0.25, 0.3) is 0 Å². The molecule has 0 unspecified atom stereocenters. The molecule has 2 aromatic rings. The number of hydrogen-bond donors (Lipinski definition) is 1. The molecule has 1 N–H and O–H groups in total. The summed E-state index contributed by atoms with van der Waals surface area (Å²) in [7, 11) is -4.10. The zero-order valence-corrected chi connectivity index (χ0v) is 21.0. The lowest BCUT2D eigenvalue weighted by atomic mass is 10.1. The van der Waals surface area contributed by atoms with Gasteiger partial charge in [-0.15, -0.1) is 0 Å². The highest BCUT2D eigenvalue weighted by Crippen LogP contribution is 2.56. The van der Waals surface area contributed by atoms with Crippen molar-refractivity contribution in [1.29, 1.82) is 0 Å². The zero-order valence-electron chi connectivity index (χ0n) is 19.4. The Hall–Kier alpha value is -2.79. The second-order valence-corrected chi connectivity index (χ2v) is 12.7. The molecule has 0 bridgehead atoms. The predicted molar refractivity (Wildman–Crippen MR) is 128 cm³/mol.